The molecule has 24 heavy (non-hydrogen) atoms. The molecule has 3 rings (SSSR count). The molecule has 1 amide bonds. The Labute approximate surface area is 146 Å². The van der Waals surface area contributed by atoms with E-state index in [1.54, 1.807) is 6.92 Å². The van der Waals surface area contributed by atoms with E-state index in [9.17, 15) is 9.59 Å². The number of rotatable bonds is 4. The predicted molar refractivity (Wildman–Crippen MR) is 99.9 cm³/mol. The molecular weight excluding hydrogens is 320 g/mol. The van der Waals surface area contributed by atoms with Gasteiger partial charge in [0.2, 0.25) is 5.91 Å². The number of nitrogen functional groups attached to an aromatic ring is 1. The molecule has 124 valence electrons. The Kier molecular flexibility index (Phi) is 4.90. The van der Waals surface area contributed by atoms with Crippen molar-refractivity contribution in [1.29, 1.82) is 0 Å². The third kappa shape index (κ3) is 3.79. The summed E-state index contributed by atoms with van der Waals surface area (Å²) in [5, 5.41) is 0.105. The van der Waals surface area contributed by atoms with Crippen LogP contribution >= 0.6 is 11.8 Å². The van der Waals surface area contributed by atoms with Gasteiger partial charge in [-0.1, -0.05) is 36.0 Å². The lowest BCUT2D eigenvalue weighted by Crippen LogP contribution is -2.24. The fourth-order valence-electron chi connectivity index (χ4n) is 2.89. The fourth-order valence-corrected chi connectivity index (χ4v) is 3.58. The van der Waals surface area contributed by atoms with E-state index < -0.39 is 0 Å². The lowest BCUT2D eigenvalue weighted by Gasteiger charge is -2.17. The molecule has 0 aromatic heterocycles. The molecule has 2 aromatic carbocycles. The Balaban J connectivity index is 1.70. The third-order valence-electron chi connectivity index (χ3n) is 4.15. The first-order valence-corrected chi connectivity index (χ1v) is 8.91. The second-order valence-electron chi connectivity index (χ2n) is 6.05. The number of nitrogens with two attached hydrogens (primary N) is 1. The predicted octanol–water partition coefficient (Wildman–Crippen LogP) is 3.57. The molecule has 5 heteroatoms. The summed E-state index contributed by atoms with van der Waals surface area (Å²) in [5.41, 5.74) is 9.56. The van der Waals surface area contributed by atoms with Crippen LogP contribution in [0.5, 0.6) is 0 Å². The fraction of sp³-hybridized carbons (Fsp3) is 0.263. The SMILES string of the molecule is CC(=O)SCC1CC(=O)N(c2ccc(-c3ccc(N)cc3)cc2)C1. The van der Waals surface area contributed by atoms with Crippen LogP contribution in [-0.4, -0.2) is 23.3 Å². The second kappa shape index (κ2) is 7.09. The summed E-state index contributed by atoms with van der Waals surface area (Å²) in [6, 6.07) is 15.7. The molecule has 1 fully saturated rings. The Morgan fingerprint density at radius 2 is 1.71 bits per heavy atom. The van der Waals surface area contributed by atoms with Crippen LogP contribution in [-0.2, 0) is 9.59 Å². The number of hydrogen-bond donors (Lipinski definition) is 1. The van der Waals surface area contributed by atoms with E-state index in [1.165, 1.54) is 11.8 Å². The number of hydrogen-bond acceptors (Lipinski definition) is 4. The summed E-state index contributed by atoms with van der Waals surface area (Å²) in [4.78, 5) is 25.1. The van der Waals surface area contributed by atoms with Crippen molar-refractivity contribution in [1.82, 2.24) is 0 Å². The summed E-state index contributed by atoms with van der Waals surface area (Å²) in [6.07, 6.45) is 0.514. The van der Waals surface area contributed by atoms with Gasteiger partial charge in [0.15, 0.2) is 5.12 Å². The second-order valence-corrected chi connectivity index (χ2v) is 7.24. The van der Waals surface area contributed by atoms with Gasteiger partial charge in [-0.15, -0.1) is 0 Å². The van der Waals surface area contributed by atoms with E-state index in [0.717, 1.165) is 22.5 Å². The summed E-state index contributed by atoms with van der Waals surface area (Å²) in [7, 11) is 0. The van der Waals surface area contributed by atoms with Gasteiger partial charge < -0.3 is 10.6 Å². The normalized spacial score (nSPS) is 17.3. The van der Waals surface area contributed by atoms with Crippen molar-refractivity contribution in [2.24, 2.45) is 5.92 Å². The molecule has 0 aliphatic carbocycles. The highest BCUT2D eigenvalue weighted by Crippen LogP contribution is 2.29. The van der Waals surface area contributed by atoms with Crippen molar-refractivity contribution in [3.05, 3.63) is 48.5 Å². The smallest absolute Gasteiger partial charge is 0.227 e. The van der Waals surface area contributed by atoms with Crippen molar-refractivity contribution in [3.8, 4) is 11.1 Å². The van der Waals surface area contributed by atoms with Gasteiger partial charge >= 0.3 is 0 Å². The quantitative estimate of drug-likeness (QED) is 0.864. The molecule has 1 saturated heterocycles. The van der Waals surface area contributed by atoms with E-state index in [4.69, 9.17) is 5.73 Å². The molecular formula is C19H20N2O2S. The van der Waals surface area contributed by atoms with Crippen LogP contribution in [0.3, 0.4) is 0 Å². The van der Waals surface area contributed by atoms with Gasteiger partial charge in [-0.2, -0.15) is 0 Å². The first-order chi connectivity index (χ1) is 11.5. The van der Waals surface area contributed by atoms with E-state index in [0.29, 0.717) is 18.7 Å². The maximum Gasteiger partial charge on any atom is 0.227 e. The molecule has 0 radical (unpaired) electrons. The summed E-state index contributed by atoms with van der Waals surface area (Å²) in [5.74, 6) is 1.08. The van der Waals surface area contributed by atoms with Gasteiger partial charge in [-0.05, 0) is 41.3 Å². The third-order valence-corrected chi connectivity index (χ3v) is 5.20. The average molecular weight is 340 g/mol. The zero-order valence-corrected chi connectivity index (χ0v) is 14.4. The van der Waals surface area contributed by atoms with Gasteiger partial charge in [0.05, 0.1) is 0 Å². The standard InChI is InChI=1S/C19H20N2O2S/c1-13(22)24-12-14-10-19(23)21(11-14)18-8-4-16(5-9-18)15-2-6-17(20)7-3-15/h2-9,14H,10-12,20H2,1H3. The number of amides is 1. The maximum absolute atomic E-state index is 12.2. The van der Waals surface area contributed by atoms with Crippen LogP contribution in [0.15, 0.2) is 48.5 Å². The summed E-state index contributed by atoms with van der Waals surface area (Å²) >= 11 is 1.30. The Bertz CT molecular complexity index is 741. The number of carbonyl (C=O) groups is 2. The first kappa shape index (κ1) is 16.6. The maximum atomic E-state index is 12.2. The molecule has 2 N–H and O–H groups in total. The van der Waals surface area contributed by atoms with Gasteiger partial charge in [0.1, 0.15) is 0 Å². The summed E-state index contributed by atoms with van der Waals surface area (Å²) < 4.78 is 0. The largest absolute Gasteiger partial charge is 0.399 e. The number of thioether (sulfide) groups is 1. The van der Waals surface area contributed by atoms with Crippen molar-refractivity contribution in [2.45, 2.75) is 13.3 Å². The Morgan fingerprint density at radius 3 is 2.29 bits per heavy atom. The molecule has 0 spiro atoms. The van der Waals surface area contributed by atoms with Crippen LogP contribution in [0, 0.1) is 5.92 Å². The van der Waals surface area contributed by atoms with Crippen LogP contribution in [0.2, 0.25) is 0 Å². The zero-order chi connectivity index (χ0) is 17.1. The Morgan fingerprint density at radius 1 is 1.12 bits per heavy atom. The number of carbonyl (C=O) groups excluding carboxylic acids is 2. The molecule has 2 aromatic rings. The minimum absolute atomic E-state index is 0.105. The minimum atomic E-state index is 0.105. The van der Waals surface area contributed by atoms with E-state index >= 15 is 0 Å². The lowest BCUT2D eigenvalue weighted by atomic mass is 10.0. The minimum Gasteiger partial charge on any atom is -0.399 e. The van der Waals surface area contributed by atoms with Crippen molar-refractivity contribution >= 4 is 34.2 Å². The number of anilines is 2. The van der Waals surface area contributed by atoms with Gasteiger partial charge in [0.25, 0.3) is 0 Å². The zero-order valence-electron chi connectivity index (χ0n) is 13.6. The molecule has 0 saturated carbocycles. The van der Waals surface area contributed by atoms with Crippen LogP contribution in [0.25, 0.3) is 11.1 Å². The highest BCUT2D eigenvalue weighted by molar-refractivity contribution is 8.13. The Hall–Kier alpha value is -2.27. The van der Waals surface area contributed by atoms with E-state index in [-0.39, 0.29) is 16.9 Å². The molecule has 4 nitrogen and oxygen atoms in total. The van der Waals surface area contributed by atoms with Crippen LogP contribution in [0.1, 0.15) is 13.3 Å². The average Bonchev–Trinajstić information content (AvgIpc) is 2.95. The summed E-state index contributed by atoms with van der Waals surface area (Å²) in [6.45, 7) is 2.25. The highest BCUT2D eigenvalue weighted by Gasteiger charge is 2.30. The molecule has 1 aliphatic heterocycles. The van der Waals surface area contributed by atoms with Gasteiger partial charge in [-0.3, -0.25) is 9.59 Å². The van der Waals surface area contributed by atoms with Gasteiger partial charge in [-0.25, -0.2) is 0 Å². The lowest BCUT2D eigenvalue weighted by molar-refractivity contribution is -0.117. The number of nitrogens with zero attached hydrogens (tertiary/aromatic N) is 1. The van der Waals surface area contributed by atoms with Crippen molar-refractivity contribution in [3.63, 3.8) is 0 Å². The van der Waals surface area contributed by atoms with Crippen molar-refractivity contribution in [2.75, 3.05) is 22.9 Å². The van der Waals surface area contributed by atoms with E-state index in [1.807, 2.05) is 53.4 Å². The molecule has 1 atom stereocenters. The molecule has 1 aliphatic rings. The topological polar surface area (TPSA) is 63.4 Å². The molecule has 1 unspecified atom stereocenters. The molecule has 1 heterocycles. The monoisotopic (exact) mass is 340 g/mol. The van der Waals surface area contributed by atoms with E-state index in [2.05, 4.69) is 0 Å². The van der Waals surface area contributed by atoms with Crippen molar-refractivity contribution < 1.29 is 9.59 Å². The highest BCUT2D eigenvalue weighted by atomic mass is 32.2. The van der Waals surface area contributed by atoms with Crippen LogP contribution in [0.4, 0.5) is 11.4 Å². The first-order valence-electron chi connectivity index (χ1n) is 7.92. The van der Waals surface area contributed by atoms with Gasteiger partial charge in [0, 0.05) is 37.0 Å². The molecule has 0 bridgehead atoms. The number of benzene rings is 2. The van der Waals surface area contributed by atoms with Crippen LogP contribution < -0.4 is 10.6 Å².